The summed E-state index contributed by atoms with van der Waals surface area (Å²) in [5.41, 5.74) is 2.33. The number of hydrogen-bond donors (Lipinski definition) is 1. The van der Waals surface area contributed by atoms with E-state index in [1.54, 1.807) is 56.3 Å². The van der Waals surface area contributed by atoms with Crippen LogP contribution in [0.3, 0.4) is 0 Å². The van der Waals surface area contributed by atoms with Crippen LogP contribution in [0.4, 0.5) is 5.69 Å². The first-order valence-electron chi connectivity index (χ1n) is 12.7. The quantitative estimate of drug-likeness (QED) is 0.341. The number of sulfonamides is 1. The lowest BCUT2D eigenvalue weighted by atomic mass is 10.1. The minimum Gasteiger partial charge on any atom is -0.350 e. The Balaban J connectivity index is 2.05. The molecule has 0 unspecified atom stereocenters. The van der Waals surface area contributed by atoms with Crippen molar-refractivity contribution in [3.05, 3.63) is 94.0 Å². The van der Waals surface area contributed by atoms with Crippen LogP contribution in [-0.4, -0.2) is 43.3 Å². The minimum absolute atomic E-state index is 0.0845. The van der Waals surface area contributed by atoms with Crippen LogP contribution in [0.2, 0.25) is 0 Å². The Hall–Kier alpha value is -3.17. The van der Waals surface area contributed by atoms with E-state index in [-0.39, 0.29) is 17.3 Å². The lowest BCUT2D eigenvalue weighted by molar-refractivity contribution is -0.140. The molecule has 0 heterocycles. The standard InChI is InChI=1S/C30H36BrN3O4S/c1-21-14-16-26(17-15-21)39(37,38)34(27-13-8-7-10-22(27)2)20-28(35)33(19-24-11-9-12-25(31)18-24)23(3)29(36)32-30(4,5)6/h7-18,23H,19-20H2,1-6H3,(H,32,36)/t23-/m0/s1. The molecule has 0 fully saturated rings. The van der Waals surface area contributed by atoms with Gasteiger partial charge in [-0.2, -0.15) is 0 Å². The van der Waals surface area contributed by atoms with Crippen molar-refractivity contribution >= 4 is 43.5 Å². The van der Waals surface area contributed by atoms with Gasteiger partial charge in [0.15, 0.2) is 0 Å². The van der Waals surface area contributed by atoms with E-state index in [4.69, 9.17) is 0 Å². The number of amides is 2. The fraction of sp³-hybridized carbons (Fsp3) is 0.333. The summed E-state index contributed by atoms with van der Waals surface area (Å²) in [5.74, 6) is -0.819. The summed E-state index contributed by atoms with van der Waals surface area (Å²) in [6, 6.07) is 20.2. The lowest BCUT2D eigenvalue weighted by Crippen LogP contribution is -2.54. The van der Waals surface area contributed by atoms with Crippen LogP contribution < -0.4 is 9.62 Å². The molecule has 0 radical (unpaired) electrons. The van der Waals surface area contributed by atoms with Crippen molar-refractivity contribution in [1.82, 2.24) is 10.2 Å². The SMILES string of the molecule is Cc1ccc(S(=O)(=O)N(CC(=O)N(Cc2cccc(Br)c2)[C@@H](C)C(=O)NC(C)(C)C)c2ccccc2C)cc1. The van der Waals surface area contributed by atoms with Crippen LogP contribution in [0.1, 0.15) is 44.4 Å². The van der Waals surface area contributed by atoms with Gasteiger partial charge in [-0.25, -0.2) is 8.42 Å². The maximum absolute atomic E-state index is 14.0. The summed E-state index contributed by atoms with van der Waals surface area (Å²) in [5, 5.41) is 2.93. The fourth-order valence-corrected chi connectivity index (χ4v) is 6.01. The van der Waals surface area contributed by atoms with E-state index in [1.165, 1.54) is 4.90 Å². The lowest BCUT2D eigenvalue weighted by Gasteiger charge is -2.33. The van der Waals surface area contributed by atoms with Crippen molar-refractivity contribution in [1.29, 1.82) is 0 Å². The Bertz CT molecular complexity index is 1430. The van der Waals surface area contributed by atoms with Gasteiger partial charge in [-0.3, -0.25) is 13.9 Å². The van der Waals surface area contributed by atoms with Crippen molar-refractivity contribution in [3.8, 4) is 0 Å². The third-order valence-corrected chi connectivity index (χ3v) is 8.45. The van der Waals surface area contributed by atoms with E-state index in [9.17, 15) is 18.0 Å². The molecular weight excluding hydrogens is 578 g/mol. The predicted molar refractivity (Wildman–Crippen MR) is 159 cm³/mol. The second-order valence-electron chi connectivity index (χ2n) is 10.7. The number of nitrogens with one attached hydrogen (secondary N) is 1. The Kier molecular flexibility index (Phi) is 9.61. The van der Waals surface area contributed by atoms with E-state index in [0.29, 0.717) is 11.3 Å². The monoisotopic (exact) mass is 613 g/mol. The third kappa shape index (κ3) is 7.92. The van der Waals surface area contributed by atoms with Gasteiger partial charge >= 0.3 is 0 Å². The molecule has 1 atom stereocenters. The van der Waals surface area contributed by atoms with E-state index in [0.717, 1.165) is 19.9 Å². The highest BCUT2D eigenvalue weighted by molar-refractivity contribution is 9.10. The largest absolute Gasteiger partial charge is 0.350 e. The molecule has 7 nitrogen and oxygen atoms in total. The zero-order valence-corrected chi connectivity index (χ0v) is 25.6. The van der Waals surface area contributed by atoms with Crippen LogP contribution in [0, 0.1) is 13.8 Å². The number of carbonyl (C=O) groups is 2. The van der Waals surface area contributed by atoms with Gasteiger partial charge < -0.3 is 10.2 Å². The van der Waals surface area contributed by atoms with Gasteiger partial charge in [0, 0.05) is 16.6 Å². The second-order valence-corrected chi connectivity index (χ2v) is 13.5. The summed E-state index contributed by atoms with van der Waals surface area (Å²) < 4.78 is 29.8. The topological polar surface area (TPSA) is 86.8 Å². The minimum atomic E-state index is -4.10. The summed E-state index contributed by atoms with van der Waals surface area (Å²) >= 11 is 3.46. The van der Waals surface area contributed by atoms with Crippen LogP contribution in [0.5, 0.6) is 0 Å². The molecule has 0 saturated heterocycles. The predicted octanol–water partition coefficient (Wildman–Crippen LogP) is 5.59. The highest BCUT2D eigenvalue weighted by Crippen LogP contribution is 2.27. The number of rotatable bonds is 9. The number of carbonyl (C=O) groups excluding carboxylic acids is 2. The molecule has 0 bridgehead atoms. The average molecular weight is 615 g/mol. The maximum Gasteiger partial charge on any atom is 0.264 e. The Labute approximate surface area is 240 Å². The van der Waals surface area contributed by atoms with E-state index < -0.39 is 34.1 Å². The fourth-order valence-electron chi connectivity index (χ4n) is 4.08. The average Bonchev–Trinajstić information content (AvgIpc) is 2.85. The maximum atomic E-state index is 14.0. The molecule has 1 N–H and O–H groups in total. The van der Waals surface area contributed by atoms with E-state index in [1.807, 2.05) is 58.0 Å². The smallest absolute Gasteiger partial charge is 0.264 e. The van der Waals surface area contributed by atoms with Crippen molar-refractivity contribution in [2.75, 3.05) is 10.8 Å². The molecule has 39 heavy (non-hydrogen) atoms. The molecular formula is C30H36BrN3O4S. The summed E-state index contributed by atoms with van der Waals surface area (Å²) in [6.45, 7) is 10.6. The molecule has 208 valence electrons. The second kappa shape index (κ2) is 12.3. The summed E-state index contributed by atoms with van der Waals surface area (Å²) in [7, 11) is -4.10. The zero-order chi connectivity index (χ0) is 29.0. The highest BCUT2D eigenvalue weighted by atomic mass is 79.9. The van der Waals surface area contributed by atoms with Crippen LogP contribution in [0.25, 0.3) is 0 Å². The van der Waals surface area contributed by atoms with Gasteiger partial charge in [-0.15, -0.1) is 0 Å². The molecule has 0 spiro atoms. The summed E-state index contributed by atoms with van der Waals surface area (Å²) in [6.07, 6.45) is 0. The molecule has 3 aromatic carbocycles. The van der Waals surface area contributed by atoms with Crippen molar-refractivity contribution in [2.45, 2.75) is 64.6 Å². The van der Waals surface area contributed by atoms with Gasteiger partial charge in [0.2, 0.25) is 11.8 Å². The molecule has 2 amide bonds. The van der Waals surface area contributed by atoms with Crippen LogP contribution in [0.15, 0.2) is 82.2 Å². The summed E-state index contributed by atoms with van der Waals surface area (Å²) in [4.78, 5) is 28.7. The first-order valence-corrected chi connectivity index (χ1v) is 14.9. The molecule has 0 aliphatic carbocycles. The van der Waals surface area contributed by atoms with Gasteiger partial charge in [0.1, 0.15) is 12.6 Å². The first-order chi connectivity index (χ1) is 18.2. The van der Waals surface area contributed by atoms with Gasteiger partial charge in [0.05, 0.1) is 10.6 Å². The number of anilines is 1. The molecule has 3 rings (SSSR count). The Morgan fingerprint density at radius 2 is 1.59 bits per heavy atom. The van der Waals surface area contributed by atoms with Crippen LogP contribution >= 0.6 is 15.9 Å². The molecule has 0 aliphatic rings. The van der Waals surface area contributed by atoms with Crippen LogP contribution in [-0.2, 0) is 26.2 Å². The van der Waals surface area contributed by atoms with Gasteiger partial charge in [0.25, 0.3) is 10.0 Å². The van der Waals surface area contributed by atoms with Crippen molar-refractivity contribution in [3.63, 3.8) is 0 Å². The van der Waals surface area contributed by atoms with E-state index in [2.05, 4.69) is 21.2 Å². The molecule has 3 aromatic rings. The number of para-hydroxylation sites is 1. The van der Waals surface area contributed by atoms with Gasteiger partial charge in [-0.05, 0) is 83.0 Å². The zero-order valence-electron chi connectivity index (χ0n) is 23.2. The highest BCUT2D eigenvalue weighted by Gasteiger charge is 2.33. The van der Waals surface area contributed by atoms with Gasteiger partial charge in [-0.1, -0.05) is 64.0 Å². The van der Waals surface area contributed by atoms with Crippen molar-refractivity contribution in [2.24, 2.45) is 0 Å². The number of nitrogens with zero attached hydrogens (tertiary/aromatic N) is 2. The number of aryl methyl sites for hydroxylation is 2. The third-order valence-electron chi connectivity index (χ3n) is 6.18. The van der Waals surface area contributed by atoms with E-state index >= 15 is 0 Å². The number of hydrogen-bond acceptors (Lipinski definition) is 4. The van der Waals surface area contributed by atoms with Crippen molar-refractivity contribution < 1.29 is 18.0 Å². The molecule has 0 aromatic heterocycles. The molecule has 0 aliphatic heterocycles. The normalized spacial score (nSPS) is 12.5. The Morgan fingerprint density at radius 3 is 2.18 bits per heavy atom. The molecule has 9 heteroatoms. The Morgan fingerprint density at radius 1 is 0.949 bits per heavy atom. The molecule has 0 saturated carbocycles. The number of halogens is 1. The number of benzene rings is 3. The first kappa shape index (κ1) is 30.4.